The number of nitrogens with one attached hydrogen (secondary N) is 1. The number of furan rings is 1. The van der Waals surface area contributed by atoms with Gasteiger partial charge in [0.2, 0.25) is 11.8 Å². The molecule has 110 valence electrons. The standard InChI is InChI=1S/C15H22N2O3/c1-10(2)17(9-13-6-4-11(3)20-13)15(19)12-5-7-14(18)16-8-12/h4,6,10,12H,5,7-9H2,1-3H3,(H,16,18). The van der Waals surface area contributed by atoms with Gasteiger partial charge in [-0.05, 0) is 39.3 Å². The largest absolute Gasteiger partial charge is 0.464 e. The van der Waals surface area contributed by atoms with E-state index in [0.717, 1.165) is 11.5 Å². The Bertz CT molecular complexity index is 483. The fourth-order valence-corrected chi connectivity index (χ4v) is 2.43. The Kier molecular flexibility index (Phi) is 4.47. The lowest BCUT2D eigenvalue weighted by atomic mass is 9.97. The lowest BCUT2D eigenvalue weighted by molar-refractivity contribution is -0.140. The Morgan fingerprint density at radius 2 is 2.25 bits per heavy atom. The van der Waals surface area contributed by atoms with Crippen LogP contribution in [-0.2, 0) is 16.1 Å². The van der Waals surface area contributed by atoms with Crippen molar-refractivity contribution in [3.05, 3.63) is 23.7 Å². The third kappa shape index (κ3) is 3.40. The molecule has 1 aromatic heterocycles. The van der Waals surface area contributed by atoms with E-state index >= 15 is 0 Å². The summed E-state index contributed by atoms with van der Waals surface area (Å²) in [5.74, 6) is 1.65. The highest BCUT2D eigenvalue weighted by Gasteiger charge is 2.30. The predicted molar refractivity (Wildman–Crippen MR) is 74.9 cm³/mol. The first-order valence-electron chi connectivity index (χ1n) is 7.10. The number of rotatable bonds is 4. The van der Waals surface area contributed by atoms with Gasteiger partial charge in [0.15, 0.2) is 0 Å². The van der Waals surface area contributed by atoms with Gasteiger partial charge < -0.3 is 14.6 Å². The maximum Gasteiger partial charge on any atom is 0.228 e. The minimum atomic E-state index is -0.119. The summed E-state index contributed by atoms with van der Waals surface area (Å²) in [6.45, 7) is 6.80. The molecule has 1 aliphatic heterocycles. The van der Waals surface area contributed by atoms with Crippen LogP contribution in [0.4, 0.5) is 0 Å². The van der Waals surface area contributed by atoms with Gasteiger partial charge in [-0.15, -0.1) is 0 Å². The first-order valence-corrected chi connectivity index (χ1v) is 7.10. The van der Waals surface area contributed by atoms with E-state index in [-0.39, 0.29) is 23.8 Å². The zero-order chi connectivity index (χ0) is 14.7. The Hall–Kier alpha value is -1.78. The van der Waals surface area contributed by atoms with E-state index in [1.165, 1.54) is 0 Å². The minimum absolute atomic E-state index is 0.0341. The highest BCUT2D eigenvalue weighted by molar-refractivity contribution is 5.83. The quantitative estimate of drug-likeness (QED) is 0.914. The van der Waals surface area contributed by atoms with Crippen molar-refractivity contribution in [3.8, 4) is 0 Å². The summed E-state index contributed by atoms with van der Waals surface area (Å²) in [4.78, 5) is 25.6. The van der Waals surface area contributed by atoms with Gasteiger partial charge in [0.1, 0.15) is 11.5 Å². The number of amides is 2. The van der Waals surface area contributed by atoms with Gasteiger partial charge >= 0.3 is 0 Å². The molecular weight excluding hydrogens is 256 g/mol. The van der Waals surface area contributed by atoms with Gasteiger partial charge in [-0.25, -0.2) is 0 Å². The number of hydrogen-bond donors (Lipinski definition) is 1. The van der Waals surface area contributed by atoms with E-state index in [1.807, 2.05) is 37.8 Å². The van der Waals surface area contributed by atoms with E-state index in [0.29, 0.717) is 25.9 Å². The molecule has 5 heteroatoms. The van der Waals surface area contributed by atoms with Gasteiger partial charge in [-0.3, -0.25) is 9.59 Å². The molecule has 0 aromatic carbocycles. The molecule has 0 radical (unpaired) electrons. The second-order valence-corrected chi connectivity index (χ2v) is 5.61. The molecule has 0 saturated carbocycles. The summed E-state index contributed by atoms with van der Waals surface area (Å²) in [6, 6.07) is 3.91. The summed E-state index contributed by atoms with van der Waals surface area (Å²) in [6.07, 6.45) is 1.06. The fourth-order valence-electron chi connectivity index (χ4n) is 2.43. The second kappa shape index (κ2) is 6.11. The first kappa shape index (κ1) is 14.6. The van der Waals surface area contributed by atoms with Crippen molar-refractivity contribution in [1.29, 1.82) is 0 Å². The molecule has 1 aliphatic rings. The molecule has 1 saturated heterocycles. The highest BCUT2D eigenvalue weighted by atomic mass is 16.3. The van der Waals surface area contributed by atoms with Crippen molar-refractivity contribution in [3.63, 3.8) is 0 Å². The number of aryl methyl sites for hydroxylation is 1. The van der Waals surface area contributed by atoms with Crippen molar-refractivity contribution in [2.45, 2.75) is 46.2 Å². The van der Waals surface area contributed by atoms with E-state index < -0.39 is 0 Å². The Morgan fingerprint density at radius 3 is 2.75 bits per heavy atom. The summed E-state index contributed by atoms with van der Waals surface area (Å²) < 4.78 is 5.56. The van der Waals surface area contributed by atoms with Crippen LogP contribution in [-0.4, -0.2) is 29.3 Å². The van der Waals surface area contributed by atoms with Gasteiger partial charge in [-0.2, -0.15) is 0 Å². The molecule has 5 nitrogen and oxygen atoms in total. The fraction of sp³-hybridized carbons (Fsp3) is 0.600. The van der Waals surface area contributed by atoms with Crippen LogP contribution < -0.4 is 5.32 Å². The topological polar surface area (TPSA) is 62.6 Å². The van der Waals surface area contributed by atoms with Crippen molar-refractivity contribution in [2.24, 2.45) is 5.92 Å². The number of piperidine rings is 1. The lowest BCUT2D eigenvalue weighted by Gasteiger charge is -2.31. The number of carbonyl (C=O) groups is 2. The van der Waals surface area contributed by atoms with E-state index in [2.05, 4.69) is 5.32 Å². The van der Waals surface area contributed by atoms with Crippen LogP contribution in [0.1, 0.15) is 38.2 Å². The van der Waals surface area contributed by atoms with Crippen LogP contribution >= 0.6 is 0 Å². The third-order valence-electron chi connectivity index (χ3n) is 3.64. The van der Waals surface area contributed by atoms with Crippen LogP contribution in [0.3, 0.4) is 0 Å². The molecule has 2 rings (SSSR count). The lowest BCUT2D eigenvalue weighted by Crippen LogP contribution is -2.46. The number of carbonyl (C=O) groups excluding carboxylic acids is 2. The molecule has 1 N–H and O–H groups in total. The van der Waals surface area contributed by atoms with Gasteiger partial charge in [0.25, 0.3) is 0 Å². The summed E-state index contributed by atoms with van der Waals surface area (Å²) in [5, 5.41) is 2.76. The zero-order valence-corrected chi connectivity index (χ0v) is 12.3. The summed E-state index contributed by atoms with van der Waals surface area (Å²) in [5.41, 5.74) is 0. The number of nitrogens with zero attached hydrogens (tertiary/aromatic N) is 1. The van der Waals surface area contributed by atoms with Crippen LogP contribution in [0.2, 0.25) is 0 Å². The van der Waals surface area contributed by atoms with Crippen LogP contribution in [0.15, 0.2) is 16.5 Å². The molecule has 20 heavy (non-hydrogen) atoms. The van der Waals surface area contributed by atoms with E-state index in [4.69, 9.17) is 4.42 Å². The first-order chi connectivity index (χ1) is 9.47. The van der Waals surface area contributed by atoms with Gasteiger partial charge in [0, 0.05) is 19.0 Å². The Labute approximate surface area is 119 Å². The predicted octanol–water partition coefficient (Wildman–Crippen LogP) is 1.85. The average molecular weight is 278 g/mol. The molecule has 1 fully saturated rings. The summed E-state index contributed by atoms with van der Waals surface area (Å²) in [7, 11) is 0. The van der Waals surface area contributed by atoms with Crippen LogP contribution in [0.25, 0.3) is 0 Å². The van der Waals surface area contributed by atoms with Gasteiger partial charge in [-0.1, -0.05) is 0 Å². The maximum atomic E-state index is 12.6. The van der Waals surface area contributed by atoms with Crippen LogP contribution in [0.5, 0.6) is 0 Å². The van der Waals surface area contributed by atoms with Crippen molar-refractivity contribution < 1.29 is 14.0 Å². The minimum Gasteiger partial charge on any atom is -0.464 e. The van der Waals surface area contributed by atoms with Crippen molar-refractivity contribution in [2.75, 3.05) is 6.54 Å². The van der Waals surface area contributed by atoms with Crippen LogP contribution in [0, 0.1) is 12.8 Å². The second-order valence-electron chi connectivity index (χ2n) is 5.61. The molecule has 0 bridgehead atoms. The maximum absolute atomic E-state index is 12.6. The number of hydrogen-bond acceptors (Lipinski definition) is 3. The van der Waals surface area contributed by atoms with E-state index in [9.17, 15) is 9.59 Å². The highest BCUT2D eigenvalue weighted by Crippen LogP contribution is 2.19. The monoisotopic (exact) mass is 278 g/mol. The molecular formula is C15H22N2O3. The van der Waals surface area contributed by atoms with E-state index in [1.54, 1.807) is 0 Å². The molecule has 2 amide bonds. The molecule has 2 heterocycles. The van der Waals surface area contributed by atoms with Gasteiger partial charge in [0.05, 0.1) is 12.5 Å². The van der Waals surface area contributed by atoms with Crippen molar-refractivity contribution >= 4 is 11.8 Å². The SMILES string of the molecule is Cc1ccc(CN(C(=O)C2CCC(=O)NC2)C(C)C)o1. The molecule has 0 aliphatic carbocycles. The van der Waals surface area contributed by atoms with Crippen molar-refractivity contribution in [1.82, 2.24) is 10.2 Å². The molecule has 1 unspecified atom stereocenters. The zero-order valence-electron chi connectivity index (χ0n) is 12.3. The summed E-state index contributed by atoms with van der Waals surface area (Å²) >= 11 is 0. The Morgan fingerprint density at radius 1 is 1.50 bits per heavy atom. The smallest absolute Gasteiger partial charge is 0.228 e. The molecule has 0 spiro atoms. The Balaban J connectivity index is 2.04. The average Bonchev–Trinajstić information content (AvgIpc) is 2.81. The molecule has 1 aromatic rings. The molecule has 1 atom stereocenters. The normalized spacial score (nSPS) is 19.0. The third-order valence-corrected chi connectivity index (χ3v) is 3.64.